The Morgan fingerprint density at radius 2 is 1.86 bits per heavy atom. The maximum Gasteiger partial charge on any atom is 0.321 e. The average molecular weight is 315 g/mol. The fourth-order valence-corrected chi connectivity index (χ4v) is 2.49. The molecule has 0 atom stereocenters. The number of carbonyl (C=O) groups excluding carboxylic acids is 2. The Kier molecular flexibility index (Phi) is 5.61. The number of ether oxygens (including phenoxy) is 1. The van der Waals surface area contributed by atoms with Crippen molar-refractivity contribution in [3.05, 3.63) is 54.1 Å². The summed E-state index contributed by atoms with van der Waals surface area (Å²) >= 11 is 1.39. The van der Waals surface area contributed by atoms with E-state index in [1.165, 1.54) is 18.7 Å². The molecule has 0 saturated heterocycles. The van der Waals surface area contributed by atoms with E-state index in [-0.39, 0.29) is 17.6 Å². The van der Waals surface area contributed by atoms with Crippen LogP contribution in [0.15, 0.2) is 53.4 Å². The predicted molar refractivity (Wildman–Crippen MR) is 88.3 cm³/mol. The smallest absolute Gasteiger partial charge is 0.321 e. The van der Waals surface area contributed by atoms with Gasteiger partial charge in [-0.1, -0.05) is 12.1 Å². The predicted octanol–water partition coefficient (Wildman–Crippen LogP) is 3.65. The quantitative estimate of drug-likeness (QED) is 0.520. The largest absolute Gasteiger partial charge is 0.426 e. The Balaban J connectivity index is 1.84. The van der Waals surface area contributed by atoms with Crippen molar-refractivity contribution in [3.8, 4) is 5.75 Å². The number of hydrogen-bond acceptors (Lipinski definition) is 4. The van der Waals surface area contributed by atoms with Crippen LogP contribution in [0, 0.1) is 6.92 Å². The number of carbonyl (C=O) groups is 2. The Labute approximate surface area is 133 Å². The minimum atomic E-state index is -0.290. The van der Waals surface area contributed by atoms with Crippen LogP contribution in [0.3, 0.4) is 0 Å². The minimum absolute atomic E-state index is 0.109. The van der Waals surface area contributed by atoms with E-state index in [0.29, 0.717) is 5.75 Å². The van der Waals surface area contributed by atoms with E-state index in [9.17, 15) is 9.59 Å². The molecule has 2 rings (SSSR count). The summed E-state index contributed by atoms with van der Waals surface area (Å²) in [5.41, 5.74) is 1.78. The zero-order valence-corrected chi connectivity index (χ0v) is 13.3. The fourth-order valence-electron chi connectivity index (χ4n) is 1.82. The first-order valence-corrected chi connectivity index (χ1v) is 7.79. The van der Waals surface area contributed by atoms with E-state index in [2.05, 4.69) is 5.32 Å². The molecule has 0 heterocycles. The van der Waals surface area contributed by atoms with Crippen molar-refractivity contribution >= 4 is 29.3 Å². The summed E-state index contributed by atoms with van der Waals surface area (Å²) in [5, 5.41) is 2.69. The molecule has 2 aromatic rings. The standard InChI is InChI=1S/C17H17NO3S/c1-12-4-3-5-15(10-12)21-17(20)11-22-16-8-6-14(7-9-16)18-13(2)19/h3-10H,11H2,1-2H3,(H,18,19). The number of thioether (sulfide) groups is 1. The molecular weight excluding hydrogens is 298 g/mol. The van der Waals surface area contributed by atoms with Crippen molar-refractivity contribution in [2.45, 2.75) is 18.7 Å². The molecule has 4 nitrogen and oxygen atoms in total. The number of amides is 1. The monoisotopic (exact) mass is 315 g/mol. The van der Waals surface area contributed by atoms with E-state index in [4.69, 9.17) is 4.74 Å². The molecular formula is C17H17NO3S. The normalized spacial score (nSPS) is 10.1. The Morgan fingerprint density at radius 3 is 2.50 bits per heavy atom. The summed E-state index contributed by atoms with van der Waals surface area (Å²) in [6.45, 7) is 3.41. The highest BCUT2D eigenvalue weighted by Gasteiger charge is 2.06. The third-order valence-electron chi connectivity index (χ3n) is 2.75. The highest BCUT2D eigenvalue weighted by molar-refractivity contribution is 8.00. The van der Waals surface area contributed by atoms with E-state index in [0.717, 1.165) is 16.1 Å². The maximum absolute atomic E-state index is 11.8. The molecule has 0 unspecified atom stereocenters. The first-order chi connectivity index (χ1) is 10.5. The van der Waals surface area contributed by atoms with Crippen LogP contribution in [-0.2, 0) is 9.59 Å². The van der Waals surface area contributed by atoms with Gasteiger partial charge in [0, 0.05) is 17.5 Å². The third-order valence-corrected chi connectivity index (χ3v) is 3.74. The first kappa shape index (κ1) is 16.1. The first-order valence-electron chi connectivity index (χ1n) is 6.81. The van der Waals surface area contributed by atoms with Crippen LogP contribution >= 0.6 is 11.8 Å². The lowest BCUT2D eigenvalue weighted by molar-refractivity contribution is -0.131. The number of esters is 1. The molecule has 1 N–H and O–H groups in total. The summed E-state index contributed by atoms with van der Waals surface area (Å²) in [6.07, 6.45) is 0. The summed E-state index contributed by atoms with van der Waals surface area (Å²) in [7, 11) is 0. The molecule has 0 aliphatic carbocycles. The van der Waals surface area contributed by atoms with Crippen LogP contribution in [0.25, 0.3) is 0 Å². The van der Waals surface area contributed by atoms with Crippen molar-refractivity contribution in [2.24, 2.45) is 0 Å². The van der Waals surface area contributed by atoms with Gasteiger partial charge in [0.15, 0.2) is 0 Å². The van der Waals surface area contributed by atoms with E-state index in [1.54, 1.807) is 18.2 Å². The lowest BCUT2D eigenvalue weighted by Crippen LogP contribution is -2.10. The maximum atomic E-state index is 11.8. The highest BCUT2D eigenvalue weighted by Crippen LogP contribution is 2.21. The minimum Gasteiger partial charge on any atom is -0.426 e. The van der Waals surface area contributed by atoms with Gasteiger partial charge >= 0.3 is 5.97 Å². The molecule has 0 radical (unpaired) electrons. The number of hydrogen-bond donors (Lipinski definition) is 1. The zero-order chi connectivity index (χ0) is 15.9. The van der Waals surface area contributed by atoms with Gasteiger partial charge in [0.25, 0.3) is 0 Å². The van der Waals surface area contributed by atoms with E-state index >= 15 is 0 Å². The number of rotatable bonds is 5. The second kappa shape index (κ2) is 7.66. The van der Waals surface area contributed by atoms with Gasteiger partial charge in [-0.2, -0.15) is 0 Å². The summed E-state index contributed by atoms with van der Waals surface area (Å²) < 4.78 is 5.28. The van der Waals surface area contributed by atoms with Gasteiger partial charge in [0.05, 0.1) is 5.75 Å². The SMILES string of the molecule is CC(=O)Nc1ccc(SCC(=O)Oc2cccc(C)c2)cc1. The van der Waals surface area contributed by atoms with Gasteiger partial charge in [-0.15, -0.1) is 11.8 Å². The zero-order valence-electron chi connectivity index (χ0n) is 12.5. The Bertz CT molecular complexity index is 668. The highest BCUT2D eigenvalue weighted by atomic mass is 32.2. The van der Waals surface area contributed by atoms with Gasteiger partial charge in [-0.25, -0.2) is 0 Å². The lowest BCUT2D eigenvalue weighted by atomic mass is 10.2. The molecule has 5 heteroatoms. The summed E-state index contributed by atoms with van der Waals surface area (Å²) in [6, 6.07) is 14.7. The van der Waals surface area contributed by atoms with Crippen LogP contribution in [0.1, 0.15) is 12.5 Å². The van der Waals surface area contributed by atoms with Crippen LogP contribution in [0.4, 0.5) is 5.69 Å². The molecule has 0 aliphatic rings. The van der Waals surface area contributed by atoms with Crippen molar-refractivity contribution < 1.29 is 14.3 Å². The van der Waals surface area contributed by atoms with Crippen molar-refractivity contribution in [3.63, 3.8) is 0 Å². The summed E-state index contributed by atoms with van der Waals surface area (Å²) in [4.78, 5) is 23.7. The van der Waals surface area contributed by atoms with Crippen molar-refractivity contribution in [2.75, 3.05) is 11.1 Å². The number of anilines is 1. The molecule has 0 spiro atoms. The Hall–Kier alpha value is -2.27. The van der Waals surface area contributed by atoms with Crippen LogP contribution in [-0.4, -0.2) is 17.6 Å². The van der Waals surface area contributed by atoms with Crippen LogP contribution in [0.5, 0.6) is 5.75 Å². The number of nitrogens with one attached hydrogen (secondary N) is 1. The van der Waals surface area contributed by atoms with Crippen molar-refractivity contribution in [1.29, 1.82) is 0 Å². The van der Waals surface area contributed by atoms with Crippen molar-refractivity contribution in [1.82, 2.24) is 0 Å². The van der Waals surface area contributed by atoms with Gasteiger partial charge in [0.1, 0.15) is 5.75 Å². The summed E-state index contributed by atoms with van der Waals surface area (Å²) in [5.74, 6) is 0.392. The number of aryl methyl sites for hydroxylation is 1. The molecule has 0 saturated carbocycles. The molecule has 0 aromatic heterocycles. The molecule has 0 bridgehead atoms. The van der Waals surface area contributed by atoms with Gasteiger partial charge < -0.3 is 10.1 Å². The van der Waals surface area contributed by atoms with Crippen LogP contribution in [0.2, 0.25) is 0 Å². The molecule has 0 aliphatic heterocycles. The van der Waals surface area contributed by atoms with E-state index < -0.39 is 0 Å². The molecule has 114 valence electrons. The fraction of sp³-hybridized carbons (Fsp3) is 0.176. The second-order valence-electron chi connectivity index (χ2n) is 4.78. The average Bonchev–Trinajstić information content (AvgIpc) is 2.46. The van der Waals surface area contributed by atoms with E-state index in [1.807, 2.05) is 37.3 Å². The van der Waals surface area contributed by atoms with Crippen LogP contribution < -0.4 is 10.1 Å². The van der Waals surface area contributed by atoms with Gasteiger partial charge in [-0.3, -0.25) is 9.59 Å². The number of benzene rings is 2. The van der Waals surface area contributed by atoms with Gasteiger partial charge in [-0.05, 0) is 48.9 Å². The molecule has 0 fully saturated rings. The molecule has 2 aromatic carbocycles. The third kappa shape index (κ3) is 5.26. The molecule has 22 heavy (non-hydrogen) atoms. The Morgan fingerprint density at radius 1 is 1.14 bits per heavy atom. The second-order valence-corrected chi connectivity index (χ2v) is 5.83. The molecule has 1 amide bonds. The topological polar surface area (TPSA) is 55.4 Å². The lowest BCUT2D eigenvalue weighted by Gasteiger charge is -2.06. The van der Waals surface area contributed by atoms with Gasteiger partial charge in [0.2, 0.25) is 5.91 Å².